The molecule has 2 aromatic heterocycles. The van der Waals surface area contributed by atoms with Crippen molar-refractivity contribution in [1.29, 1.82) is 0 Å². The summed E-state index contributed by atoms with van der Waals surface area (Å²) in [6.07, 6.45) is 9.15. The number of hydrogen-bond donors (Lipinski definition) is 0. The molecule has 180 valence electrons. The Hall–Kier alpha value is -2.97. The smallest absolute Gasteiger partial charge is 0.267 e. The van der Waals surface area contributed by atoms with Gasteiger partial charge in [0.25, 0.3) is 11.5 Å². The number of nitrogens with zero attached hydrogens (tertiary/aromatic N) is 4. The summed E-state index contributed by atoms with van der Waals surface area (Å²) in [6, 6.07) is 15.5. The lowest BCUT2D eigenvalue weighted by Gasteiger charge is -2.33. The molecular formula is C27H28N4O2S2. The van der Waals surface area contributed by atoms with Crippen molar-refractivity contribution < 1.29 is 4.79 Å². The minimum atomic E-state index is -0.199. The highest BCUT2D eigenvalue weighted by Crippen LogP contribution is 2.38. The van der Waals surface area contributed by atoms with Crippen LogP contribution in [0.3, 0.4) is 0 Å². The molecule has 35 heavy (non-hydrogen) atoms. The van der Waals surface area contributed by atoms with Crippen LogP contribution in [0.25, 0.3) is 11.7 Å². The van der Waals surface area contributed by atoms with Crippen molar-refractivity contribution in [2.75, 3.05) is 11.9 Å². The van der Waals surface area contributed by atoms with Crippen LogP contribution in [0.15, 0.2) is 64.4 Å². The van der Waals surface area contributed by atoms with E-state index in [1.165, 1.54) is 35.4 Å². The average Bonchev–Trinajstić information content (AvgIpc) is 3.18. The molecule has 1 saturated carbocycles. The van der Waals surface area contributed by atoms with E-state index in [4.69, 9.17) is 17.2 Å². The van der Waals surface area contributed by atoms with Gasteiger partial charge in [0.15, 0.2) is 0 Å². The number of aromatic nitrogens is 2. The lowest BCUT2D eigenvalue weighted by Crippen LogP contribution is -2.36. The van der Waals surface area contributed by atoms with Gasteiger partial charge in [-0.15, -0.1) is 0 Å². The number of fused-ring (bicyclic) bond motifs is 1. The molecule has 0 radical (unpaired) electrons. The first kappa shape index (κ1) is 23.8. The van der Waals surface area contributed by atoms with Crippen LogP contribution in [-0.4, -0.2) is 37.6 Å². The molecule has 3 aromatic rings. The zero-order chi connectivity index (χ0) is 24.5. The zero-order valence-electron chi connectivity index (χ0n) is 19.9. The summed E-state index contributed by atoms with van der Waals surface area (Å²) in [5, 5.41) is 0. The second-order valence-electron chi connectivity index (χ2n) is 9.12. The number of carbonyl (C=O) groups is 1. The Balaban J connectivity index is 1.58. The topological polar surface area (TPSA) is 57.9 Å². The Morgan fingerprint density at radius 2 is 1.80 bits per heavy atom. The second kappa shape index (κ2) is 9.95. The minimum Gasteiger partial charge on any atom is -0.356 e. The summed E-state index contributed by atoms with van der Waals surface area (Å²) in [4.78, 5) is 36.2. The maximum absolute atomic E-state index is 13.6. The maximum atomic E-state index is 13.6. The summed E-state index contributed by atoms with van der Waals surface area (Å²) < 4.78 is 2.03. The number of carbonyl (C=O) groups excluding carboxylic acids is 1. The highest BCUT2D eigenvalue weighted by Gasteiger charge is 2.36. The molecule has 2 fully saturated rings. The molecule has 1 amide bonds. The number of thioether (sulfide) groups is 1. The molecule has 1 unspecified atom stereocenters. The van der Waals surface area contributed by atoms with Crippen LogP contribution >= 0.6 is 24.0 Å². The highest BCUT2D eigenvalue weighted by molar-refractivity contribution is 8.26. The van der Waals surface area contributed by atoms with Crippen molar-refractivity contribution in [2.24, 2.45) is 0 Å². The standard InChI is InChI=1S/C27H28N4O2S2/c1-18(19-11-5-3-6-12-19)31-26(33)22(35-27(31)34)17-21-24(29(2)20-13-7-4-8-14-20)28-23-15-9-10-16-30(23)25(21)32/h3,5-6,9-12,15-18,20H,4,7-8,13-14H2,1-2H3/b22-17-. The summed E-state index contributed by atoms with van der Waals surface area (Å²) in [7, 11) is 2.01. The second-order valence-corrected chi connectivity index (χ2v) is 10.8. The number of anilines is 1. The van der Waals surface area contributed by atoms with Crippen molar-refractivity contribution >= 4 is 51.7 Å². The van der Waals surface area contributed by atoms with Gasteiger partial charge in [-0.05, 0) is 43.5 Å². The van der Waals surface area contributed by atoms with Crippen LogP contribution in [0, 0.1) is 0 Å². The Bertz CT molecular complexity index is 1360. The largest absolute Gasteiger partial charge is 0.356 e. The molecule has 6 nitrogen and oxygen atoms in total. The van der Waals surface area contributed by atoms with Crippen LogP contribution in [0.4, 0.5) is 5.82 Å². The van der Waals surface area contributed by atoms with Gasteiger partial charge in [0, 0.05) is 19.3 Å². The van der Waals surface area contributed by atoms with Gasteiger partial charge in [0.1, 0.15) is 15.8 Å². The summed E-state index contributed by atoms with van der Waals surface area (Å²) in [5.41, 5.74) is 1.84. The third-order valence-corrected chi connectivity index (χ3v) is 8.30. The van der Waals surface area contributed by atoms with E-state index in [0.29, 0.717) is 32.3 Å². The van der Waals surface area contributed by atoms with E-state index < -0.39 is 0 Å². The van der Waals surface area contributed by atoms with Gasteiger partial charge in [-0.1, -0.05) is 79.6 Å². The first-order valence-corrected chi connectivity index (χ1v) is 13.2. The maximum Gasteiger partial charge on any atom is 0.267 e. The minimum absolute atomic E-state index is 0.180. The Kier molecular flexibility index (Phi) is 6.75. The normalized spacial score (nSPS) is 19.0. The fourth-order valence-electron chi connectivity index (χ4n) is 4.95. The van der Waals surface area contributed by atoms with Gasteiger partial charge in [0.05, 0.1) is 16.5 Å². The number of rotatable bonds is 5. The van der Waals surface area contributed by atoms with Crippen molar-refractivity contribution in [2.45, 2.75) is 51.1 Å². The van der Waals surface area contributed by atoms with Gasteiger partial charge in [0.2, 0.25) is 0 Å². The Morgan fingerprint density at radius 1 is 1.09 bits per heavy atom. The molecule has 1 saturated heterocycles. The molecule has 1 aliphatic heterocycles. The van der Waals surface area contributed by atoms with E-state index in [9.17, 15) is 9.59 Å². The molecule has 1 atom stereocenters. The number of amides is 1. The van der Waals surface area contributed by atoms with Crippen LogP contribution in [-0.2, 0) is 4.79 Å². The van der Waals surface area contributed by atoms with Crippen LogP contribution in [0.5, 0.6) is 0 Å². The number of benzene rings is 1. The molecule has 0 N–H and O–H groups in total. The number of thiocarbonyl (C=S) groups is 1. The van der Waals surface area contributed by atoms with E-state index in [2.05, 4.69) is 4.90 Å². The molecule has 3 heterocycles. The van der Waals surface area contributed by atoms with Crippen molar-refractivity contribution in [3.8, 4) is 0 Å². The molecule has 5 rings (SSSR count). The predicted molar refractivity (Wildman–Crippen MR) is 147 cm³/mol. The molecule has 2 aliphatic rings. The van der Waals surface area contributed by atoms with Crippen LogP contribution in [0.2, 0.25) is 0 Å². The SMILES string of the molecule is CC(c1ccccc1)N1C(=O)/C(=C/c2c(N(C)C3CCCCC3)nc3ccccn3c2=O)SC1=S. The monoisotopic (exact) mass is 504 g/mol. The van der Waals surface area contributed by atoms with E-state index in [-0.39, 0.29) is 17.5 Å². The molecular weight excluding hydrogens is 476 g/mol. The van der Waals surface area contributed by atoms with E-state index in [1.54, 1.807) is 17.2 Å². The van der Waals surface area contributed by atoms with Crippen molar-refractivity contribution in [1.82, 2.24) is 14.3 Å². The Labute approximate surface area is 214 Å². The fourth-order valence-corrected chi connectivity index (χ4v) is 6.35. The van der Waals surface area contributed by atoms with E-state index >= 15 is 0 Å². The van der Waals surface area contributed by atoms with E-state index in [1.807, 2.05) is 62.5 Å². The van der Waals surface area contributed by atoms with Gasteiger partial charge < -0.3 is 4.90 Å². The summed E-state index contributed by atoms with van der Waals surface area (Å²) in [5.74, 6) is 0.439. The molecule has 1 aromatic carbocycles. The zero-order valence-corrected chi connectivity index (χ0v) is 21.5. The third kappa shape index (κ3) is 4.52. The lowest BCUT2D eigenvalue weighted by atomic mass is 9.94. The first-order chi connectivity index (χ1) is 17.0. The molecule has 0 bridgehead atoms. The van der Waals surface area contributed by atoms with Crippen molar-refractivity contribution in [3.05, 3.63) is 81.1 Å². The molecule has 0 spiro atoms. The first-order valence-electron chi connectivity index (χ1n) is 12.0. The van der Waals surface area contributed by atoms with Crippen LogP contribution in [0.1, 0.15) is 56.2 Å². The summed E-state index contributed by atoms with van der Waals surface area (Å²) in [6.45, 7) is 1.97. The molecule has 8 heteroatoms. The quantitative estimate of drug-likeness (QED) is 0.341. The van der Waals surface area contributed by atoms with Gasteiger partial charge in [-0.25, -0.2) is 4.98 Å². The number of hydrogen-bond acceptors (Lipinski definition) is 6. The molecule has 1 aliphatic carbocycles. The highest BCUT2D eigenvalue weighted by atomic mass is 32.2. The van der Waals surface area contributed by atoms with Gasteiger partial charge in [-0.2, -0.15) is 0 Å². The van der Waals surface area contributed by atoms with Crippen LogP contribution < -0.4 is 10.5 Å². The van der Waals surface area contributed by atoms with E-state index in [0.717, 1.165) is 18.4 Å². The Morgan fingerprint density at radius 3 is 2.54 bits per heavy atom. The predicted octanol–water partition coefficient (Wildman–Crippen LogP) is 5.43. The fraction of sp³-hybridized carbons (Fsp3) is 0.333. The van der Waals surface area contributed by atoms with Crippen molar-refractivity contribution in [3.63, 3.8) is 0 Å². The summed E-state index contributed by atoms with van der Waals surface area (Å²) >= 11 is 6.85. The lowest BCUT2D eigenvalue weighted by molar-refractivity contribution is -0.123. The average molecular weight is 505 g/mol. The third-order valence-electron chi connectivity index (χ3n) is 6.97. The van der Waals surface area contributed by atoms with Gasteiger partial charge >= 0.3 is 0 Å². The van der Waals surface area contributed by atoms with Gasteiger partial charge in [-0.3, -0.25) is 18.9 Å². The number of pyridine rings is 1.